The number of aromatic nitrogens is 2. The van der Waals surface area contributed by atoms with Crippen molar-refractivity contribution in [1.29, 1.82) is 0 Å². The summed E-state index contributed by atoms with van der Waals surface area (Å²) in [6, 6.07) is 10.1. The van der Waals surface area contributed by atoms with Crippen LogP contribution in [0.4, 0.5) is 0 Å². The average Bonchev–Trinajstić information content (AvgIpc) is 2.45. The van der Waals surface area contributed by atoms with Gasteiger partial charge in [-0.1, -0.05) is 56.5 Å². The predicted molar refractivity (Wildman–Crippen MR) is 78.9 cm³/mol. The third-order valence-electron chi connectivity index (χ3n) is 3.06. The molecule has 0 bridgehead atoms. The van der Waals surface area contributed by atoms with Crippen molar-refractivity contribution in [2.45, 2.75) is 39.0 Å². The molecule has 0 unspecified atom stereocenters. The van der Waals surface area contributed by atoms with E-state index in [-0.39, 0.29) is 5.48 Å². The monoisotopic (exact) mass is 258 g/mol. The molecule has 19 heavy (non-hydrogen) atoms. The van der Waals surface area contributed by atoms with E-state index in [1.165, 1.54) is 31.2 Å². The zero-order chi connectivity index (χ0) is 12.6. The Hall–Kier alpha value is -1.74. The second-order valence-electron chi connectivity index (χ2n) is 4.59. The molecule has 2 rings (SSSR count). The predicted octanol–water partition coefficient (Wildman–Crippen LogP) is 3.44. The number of nitrogens with zero attached hydrogens (tertiary/aromatic N) is 2. The summed E-state index contributed by atoms with van der Waals surface area (Å²) in [5.41, 5.74) is 2.32. The lowest BCUT2D eigenvalue weighted by Gasteiger charge is -2.02. The van der Waals surface area contributed by atoms with Gasteiger partial charge in [0.05, 0.1) is 0 Å². The number of rotatable bonds is 6. The smallest absolute Gasteiger partial charge is 0.159 e. The minimum absolute atomic E-state index is 0. The van der Waals surface area contributed by atoms with Crippen LogP contribution in [0, 0.1) is 0 Å². The molecule has 0 saturated carbocycles. The standard InChI is InChI=1S/C16H20N2.H2O/c1-2-3-4-6-9-14-12-17-16(18-13-14)15-10-7-5-8-11-15;/h5,7-8,10-13H,2-4,6,9H2,1H3;1H2. The molecular formula is C16H22N2O. The summed E-state index contributed by atoms with van der Waals surface area (Å²) in [6.45, 7) is 2.23. The Labute approximate surface area is 115 Å². The molecule has 3 heteroatoms. The molecule has 0 saturated heterocycles. The van der Waals surface area contributed by atoms with Gasteiger partial charge in [-0.25, -0.2) is 9.97 Å². The van der Waals surface area contributed by atoms with Crippen molar-refractivity contribution < 1.29 is 5.48 Å². The van der Waals surface area contributed by atoms with Gasteiger partial charge in [0.2, 0.25) is 0 Å². The van der Waals surface area contributed by atoms with Gasteiger partial charge in [0.25, 0.3) is 0 Å². The zero-order valence-electron chi connectivity index (χ0n) is 11.5. The van der Waals surface area contributed by atoms with Crippen LogP contribution in [0.25, 0.3) is 11.4 Å². The first kappa shape index (κ1) is 15.3. The van der Waals surface area contributed by atoms with Crippen LogP contribution in [-0.4, -0.2) is 15.4 Å². The lowest BCUT2D eigenvalue weighted by Crippen LogP contribution is -1.93. The highest BCUT2D eigenvalue weighted by Crippen LogP contribution is 2.14. The van der Waals surface area contributed by atoms with Gasteiger partial charge >= 0.3 is 0 Å². The molecule has 3 nitrogen and oxygen atoms in total. The van der Waals surface area contributed by atoms with Crippen LogP contribution in [0.1, 0.15) is 38.2 Å². The van der Waals surface area contributed by atoms with E-state index in [4.69, 9.17) is 0 Å². The number of unbranched alkanes of at least 4 members (excludes halogenated alkanes) is 3. The fourth-order valence-corrected chi connectivity index (χ4v) is 1.98. The fraction of sp³-hybridized carbons (Fsp3) is 0.375. The van der Waals surface area contributed by atoms with Crippen molar-refractivity contribution in [2.75, 3.05) is 0 Å². The quantitative estimate of drug-likeness (QED) is 0.745. The normalized spacial score (nSPS) is 9.95. The molecule has 0 fully saturated rings. The van der Waals surface area contributed by atoms with E-state index in [1.54, 1.807) is 0 Å². The second-order valence-corrected chi connectivity index (χ2v) is 4.59. The van der Waals surface area contributed by atoms with Crippen molar-refractivity contribution >= 4 is 0 Å². The second kappa shape index (κ2) is 8.38. The molecule has 0 amide bonds. The molecule has 2 N–H and O–H groups in total. The summed E-state index contributed by atoms with van der Waals surface area (Å²) in [7, 11) is 0. The maximum atomic E-state index is 4.44. The molecule has 1 aromatic heterocycles. The van der Waals surface area contributed by atoms with Gasteiger partial charge < -0.3 is 5.48 Å². The summed E-state index contributed by atoms with van der Waals surface area (Å²) in [5, 5.41) is 0. The highest BCUT2D eigenvalue weighted by atomic mass is 16.0. The van der Waals surface area contributed by atoms with Crippen LogP contribution in [0.3, 0.4) is 0 Å². The van der Waals surface area contributed by atoms with E-state index in [2.05, 4.69) is 16.9 Å². The Morgan fingerprint density at radius 2 is 1.58 bits per heavy atom. The van der Waals surface area contributed by atoms with Crippen LogP contribution in [0.15, 0.2) is 42.7 Å². The molecule has 1 heterocycles. The summed E-state index contributed by atoms with van der Waals surface area (Å²) < 4.78 is 0. The number of aryl methyl sites for hydroxylation is 1. The first-order chi connectivity index (χ1) is 8.90. The first-order valence-electron chi connectivity index (χ1n) is 6.76. The molecule has 1 aromatic carbocycles. The van der Waals surface area contributed by atoms with Crippen LogP contribution in [0.5, 0.6) is 0 Å². The maximum Gasteiger partial charge on any atom is 0.159 e. The van der Waals surface area contributed by atoms with Crippen LogP contribution < -0.4 is 0 Å². The number of hydrogen-bond donors (Lipinski definition) is 0. The minimum Gasteiger partial charge on any atom is -0.412 e. The fourth-order valence-electron chi connectivity index (χ4n) is 1.98. The van der Waals surface area contributed by atoms with Gasteiger partial charge in [-0.2, -0.15) is 0 Å². The topological polar surface area (TPSA) is 57.3 Å². The zero-order valence-corrected chi connectivity index (χ0v) is 11.5. The first-order valence-corrected chi connectivity index (χ1v) is 6.76. The number of benzene rings is 1. The average molecular weight is 258 g/mol. The summed E-state index contributed by atoms with van der Waals surface area (Å²) in [4.78, 5) is 8.87. The number of hydrogen-bond acceptors (Lipinski definition) is 2. The molecular weight excluding hydrogens is 236 g/mol. The molecule has 2 aromatic rings. The molecule has 0 aliphatic rings. The maximum absolute atomic E-state index is 4.44. The summed E-state index contributed by atoms with van der Waals surface area (Å²) >= 11 is 0. The van der Waals surface area contributed by atoms with Gasteiger partial charge in [0.15, 0.2) is 5.82 Å². The molecule has 0 aliphatic heterocycles. The largest absolute Gasteiger partial charge is 0.412 e. The molecule has 0 spiro atoms. The van der Waals surface area contributed by atoms with Crippen molar-refractivity contribution in [3.63, 3.8) is 0 Å². The highest BCUT2D eigenvalue weighted by molar-refractivity contribution is 5.53. The lowest BCUT2D eigenvalue weighted by atomic mass is 10.1. The Kier molecular flexibility index (Phi) is 6.75. The third-order valence-corrected chi connectivity index (χ3v) is 3.06. The Morgan fingerprint density at radius 1 is 0.895 bits per heavy atom. The third kappa shape index (κ3) is 4.79. The van der Waals surface area contributed by atoms with E-state index in [0.717, 1.165) is 17.8 Å². The van der Waals surface area contributed by atoms with E-state index in [1.807, 2.05) is 42.7 Å². The van der Waals surface area contributed by atoms with E-state index >= 15 is 0 Å². The highest BCUT2D eigenvalue weighted by Gasteiger charge is 2.00. The van der Waals surface area contributed by atoms with Crippen LogP contribution in [-0.2, 0) is 6.42 Å². The van der Waals surface area contributed by atoms with Gasteiger partial charge in [-0.15, -0.1) is 0 Å². The van der Waals surface area contributed by atoms with E-state index in [0.29, 0.717) is 0 Å². The summed E-state index contributed by atoms with van der Waals surface area (Å²) in [5.74, 6) is 0.813. The molecule has 0 radical (unpaired) electrons. The lowest BCUT2D eigenvalue weighted by molar-refractivity contribution is 0.665. The molecule has 102 valence electrons. The Morgan fingerprint density at radius 3 is 2.21 bits per heavy atom. The van der Waals surface area contributed by atoms with Gasteiger partial charge in [0, 0.05) is 18.0 Å². The SMILES string of the molecule is CCCCCCc1cnc(-c2ccccc2)nc1.O. The van der Waals surface area contributed by atoms with Gasteiger partial charge in [-0.3, -0.25) is 0 Å². The molecule has 0 atom stereocenters. The van der Waals surface area contributed by atoms with Crippen LogP contribution in [0.2, 0.25) is 0 Å². The van der Waals surface area contributed by atoms with Crippen molar-refractivity contribution in [3.05, 3.63) is 48.3 Å². The van der Waals surface area contributed by atoms with Gasteiger partial charge in [-0.05, 0) is 18.4 Å². The van der Waals surface area contributed by atoms with Crippen molar-refractivity contribution in [3.8, 4) is 11.4 Å². The Balaban J connectivity index is 0.00000180. The van der Waals surface area contributed by atoms with E-state index in [9.17, 15) is 0 Å². The van der Waals surface area contributed by atoms with Crippen LogP contribution >= 0.6 is 0 Å². The Bertz CT molecular complexity index is 454. The van der Waals surface area contributed by atoms with Gasteiger partial charge in [0.1, 0.15) is 0 Å². The summed E-state index contributed by atoms with van der Waals surface area (Å²) in [6.07, 6.45) is 10.2. The molecule has 0 aliphatic carbocycles. The minimum atomic E-state index is 0. The van der Waals surface area contributed by atoms with Crippen molar-refractivity contribution in [1.82, 2.24) is 9.97 Å². The van der Waals surface area contributed by atoms with Crippen molar-refractivity contribution in [2.24, 2.45) is 0 Å². The van der Waals surface area contributed by atoms with E-state index < -0.39 is 0 Å².